The van der Waals surface area contributed by atoms with Gasteiger partial charge in [-0.15, -0.1) is 0 Å². The number of hydrogen-bond acceptors (Lipinski definition) is 1. The van der Waals surface area contributed by atoms with Crippen molar-refractivity contribution in [2.45, 2.75) is 59.3 Å². The van der Waals surface area contributed by atoms with Gasteiger partial charge in [-0.2, -0.15) is 0 Å². The number of unbranched alkanes of at least 4 members (excludes halogenated alkanes) is 3. The second-order valence-electron chi connectivity index (χ2n) is 4.11. The molecule has 0 aliphatic heterocycles. The van der Waals surface area contributed by atoms with Crippen LogP contribution in [0.25, 0.3) is 0 Å². The molecule has 0 atom stereocenters. The molecule has 0 fully saturated rings. The van der Waals surface area contributed by atoms with E-state index in [1.165, 1.54) is 31.3 Å². The van der Waals surface area contributed by atoms with Crippen LogP contribution in [0.1, 0.15) is 59.3 Å². The molecule has 0 aliphatic rings. The topological polar surface area (TPSA) is 12.0 Å². The maximum Gasteiger partial charge on any atom is 0.0173 e. The average molecular weight is 221 g/mol. The summed E-state index contributed by atoms with van der Waals surface area (Å²) < 4.78 is 0. The average Bonchev–Trinajstić information content (AvgIpc) is 2.31. The Morgan fingerprint density at radius 3 is 2.50 bits per heavy atom. The van der Waals surface area contributed by atoms with E-state index in [-0.39, 0.29) is 0 Å². The lowest BCUT2D eigenvalue weighted by Gasteiger charge is -2.04. The zero-order valence-electron chi connectivity index (χ0n) is 11.2. The molecule has 0 saturated carbocycles. The highest BCUT2D eigenvalue weighted by atomic mass is 14.8. The molecule has 16 heavy (non-hydrogen) atoms. The van der Waals surface area contributed by atoms with Gasteiger partial charge in [0.2, 0.25) is 0 Å². The standard InChI is InChI=1S/C15H27N/c1-4-7-9-10-11-12-15(6-3)14-16-13-8-5-2/h12,16H,4-9,13-14H2,1-3H3/b15-12-. The van der Waals surface area contributed by atoms with E-state index in [0.717, 1.165) is 25.9 Å². The molecule has 0 radical (unpaired) electrons. The predicted octanol–water partition coefficient (Wildman–Crippen LogP) is 3.91. The van der Waals surface area contributed by atoms with Crippen molar-refractivity contribution in [1.82, 2.24) is 5.32 Å². The molecule has 0 saturated heterocycles. The first-order valence-electron chi connectivity index (χ1n) is 6.72. The quantitative estimate of drug-likeness (QED) is 0.484. The lowest BCUT2D eigenvalue weighted by Crippen LogP contribution is -2.17. The van der Waals surface area contributed by atoms with Crippen LogP contribution < -0.4 is 5.32 Å². The fraction of sp³-hybridized carbons (Fsp3) is 0.733. The Balaban J connectivity index is 3.76. The summed E-state index contributed by atoms with van der Waals surface area (Å²) in [5, 5.41) is 3.45. The Morgan fingerprint density at radius 2 is 1.88 bits per heavy atom. The highest BCUT2D eigenvalue weighted by Gasteiger charge is 1.92. The summed E-state index contributed by atoms with van der Waals surface area (Å²) in [4.78, 5) is 0. The summed E-state index contributed by atoms with van der Waals surface area (Å²) in [6.07, 6.45) is 9.20. The third kappa shape index (κ3) is 9.80. The maximum absolute atomic E-state index is 3.45. The summed E-state index contributed by atoms with van der Waals surface area (Å²) in [6.45, 7) is 8.74. The molecule has 0 unspecified atom stereocenters. The number of allylic oxidation sites excluding steroid dienone is 1. The summed E-state index contributed by atoms with van der Waals surface area (Å²) in [5.74, 6) is 6.36. The van der Waals surface area contributed by atoms with Crippen LogP contribution in [0.3, 0.4) is 0 Å². The van der Waals surface area contributed by atoms with Gasteiger partial charge < -0.3 is 5.32 Å². The SMILES string of the molecule is CCCCC#C/C=C(/CC)CNCCCC. The van der Waals surface area contributed by atoms with E-state index < -0.39 is 0 Å². The van der Waals surface area contributed by atoms with E-state index >= 15 is 0 Å². The van der Waals surface area contributed by atoms with Crippen LogP contribution in [0, 0.1) is 11.8 Å². The minimum absolute atomic E-state index is 0.999. The van der Waals surface area contributed by atoms with Crippen LogP contribution in [0.2, 0.25) is 0 Å². The predicted molar refractivity (Wildman–Crippen MR) is 73.5 cm³/mol. The Hall–Kier alpha value is -0.740. The molecule has 1 nitrogen and oxygen atoms in total. The minimum Gasteiger partial charge on any atom is -0.313 e. The lowest BCUT2D eigenvalue weighted by atomic mass is 10.2. The zero-order valence-corrected chi connectivity index (χ0v) is 11.2. The third-order valence-electron chi connectivity index (χ3n) is 2.55. The van der Waals surface area contributed by atoms with Crippen LogP contribution in [0.4, 0.5) is 0 Å². The summed E-state index contributed by atoms with van der Waals surface area (Å²) in [7, 11) is 0. The number of rotatable bonds is 8. The van der Waals surface area contributed by atoms with Gasteiger partial charge in [-0.25, -0.2) is 0 Å². The van der Waals surface area contributed by atoms with Crippen LogP contribution in [0.15, 0.2) is 11.6 Å². The summed E-state index contributed by atoms with van der Waals surface area (Å²) in [5.41, 5.74) is 1.42. The molecule has 0 aliphatic carbocycles. The summed E-state index contributed by atoms with van der Waals surface area (Å²) >= 11 is 0. The fourth-order valence-corrected chi connectivity index (χ4v) is 1.32. The first-order valence-corrected chi connectivity index (χ1v) is 6.72. The van der Waals surface area contributed by atoms with Crippen molar-refractivity contribution in [3.05, 3.63) is 11.6 Å². The Labute approximate surface area is 102 Å². The van der Waals surface area contributed by atoms with Crippen molar-refractivity contribution < 1.29 is 0 Å². The monoisotopic (exact) mass is 221 g/mol. The van der Waals surface area contributed by atoms with E-state index in [1.54, 1.807) is 0 Å². The second-order valence-corrected chi connectivity index (χ2v) is 4.11. The highest BCUT2D eigenvalue weighted by Crippen LogP contribution is 1.98. The maximum atomic E-state index is 3.45. The molecule has 1 heteroatoms. The molecular weight excluding hydrogens is 194 g/mol. The van der Waals surface area contributed by atoms with Gasteiger partial charge in [0.25, 0.3) is 0 Å². The first kappa shape index (κ1) is 15.3. The van der Waals surface area contributed by atoms with Gasteiger partial charge in [-0.05, 0) is 37.5 Å². The Bertz CT molecular complexity index is 230. The zero-order chi connectivity index (χ0) is 12.1. The van der Waals surface area contributed by atoms with E-state index in [4.69, 9.17) is 0 Å². The minimum atomic E-state index is 0.999. The van der Waals surface area contributed by atoms with Gasteiger partial charge in [0, 0.05) is 13.0 Å². The van der Waals surface area contributed by atoms with Gasteiger partial charge in [-0.1, -0.05) is 45.5 Å². The van der Waals surface area contributed by atoms with Crippen molar-refractivity contribution in [3.63, 3.8) is 0 Å². The third-order valence-corrected chi connectivity index (χ3v) is 2.55. The van der Waals surface area contributed by atoms with E-state index in [1.807, 2.05) is 0 Å². The van der Waals surface area contributed by atoms with Crippen molar-refractivity contribution in [1.29, 1.82) is 0 Å². The van der Waals surface area contributed by atoms with Crippen LogP contribution >= 0.6 is 0 Å². The first-order chi connectivity index (χ1) is 7.85. The van der Waals surface area contributed by atoms with Gasteiger partial charge in [-0.3, -0.25) is 0 Å². The van der Waals surface area contributed by atoms with E-state index in [2.05, 4.69) is 44.0 Å². The van der Waals surface area contributed by atoms with Crippen LogP contribution in [-0.4, -0.2) is 13.1 Å². The number of hydrogen-bond donors (Lipinski definition) is 1. The molecule has 0 amide bonds. The second kappa shape index (κ2) is 12.3. The van der Waals surface area contributed by atoms with Gasteiger partial charge in [0.05, 0.1) is 0 Å². The van der Waals surface area contributed by atoms with Gasteiger partial charge in [0.1, 0.15) is 0 Å². The fourth-order valence-electron chi connectivity index (χ4n) is 1.32. The van der Waals surface area contributed by atoms with Gasteiger partial charge >= 0.3 is 0 Å². The Morgan fingerprint density at radius 1 is 1.12 bits per heavy atom. The molecular formula is C15H27N. The largest absolute Gasteiger partial charge is 0.313 e. The Kier molecular flexibility index (Phi) is 11.8. The molecule has 0 rings (SSSR count). The molecule has 0 aromatic carbocycles. The molecule has 0 spiro atoms. The van der Waals surface area contributed by atoms with Crippen LogP contribution in [-0.2, 0) is 0 Å². The smallest absolute Gasteiger partial charge is 0.0173 e. The molecule has 1 N–H and O–H groups in total. The van der Waals surface area contributed by atoms with E-state index in [9.17, 15) is 0 Å². The lowest BCUT2D eigenvalue weighted by molar-refractivity contribution is 0.664. The van der Waals surface area contributed by atoms with Crippen LogP contribution in [0.5, 0.6) is 0 Å². The van der Waals surface area contributed by atoms with Gasteiger partial charge in [0.15, 0.2) is 0 Å². The van der Waals surface area contributed by atoms with Crippen molar-refractivity contribution in [2.24, 2.45) is 0 Å². The van der Waals surface area contributed by atoms with Crippen molar-refractivity contribution in [3.8, 4) is 11.8 Å². The molecule has 0 aromatic rings. The molecule has 0 heterocycles. The normalized spacial score (nSPS) is 11.1. The molecule has 0 bridgehead atoms. The van der Waals surface area contributed by atoms with E-state index in [0.29, 0.717) is 0 Å². The molecule has 92 valence electrons. The molecule has 0 aromatic heterocycles. The van der Waals surface area contributed by atoms with Crippen molar-refractivity contribution >= 4 is 0 Å². The summed E-state index contributed by atoms with van der Waals surface area (Å²) in [6, 6.07) is 0. The van der Waals surface area contributed by atoms with Crippen molar-refractivity contribution in [2.75, 3.05) is 13.1 Å². The highest BCUT2D eigenvalue weighted by molar-refractivity contribution is 5.21. The number of nitrogens with one attached hydrogen (secondary N) is 1.